The summed E-state index contributed by atoms with van der Waals surface area (Å²) in [5.74, 6) is -2.12. The van der Waals surface area contributed by atoms with Gasteiger partial charge < -0.3 is 19.6 Å². The molecule has 2 N–H and O–H groups in total. The minimum Gasteiger partial charge on any atom is -0.481 e. The Balaban J connectivity index is 2.06. The molecule has 0 aromatic carbocycles. The normalized spacial score (nSPS) is 23.5. The second kappa shape index (κ2) is 5.87. The van der Waals surface area contributed by atoms with Crippen molar-refractivity contribution in [1.29, 1.82) is 0 Å². The summed E-state index contributed by atoms with van der Waals surface area (Å²) in [7, 11) is 0. The van der Waals surface area contributed by atoms with Crippen LogP contribution in [0.4, 0.5) is 4.79 Å². The quantitative estimate of drug-likeness (QED) is 0.581. The Morgan fingerprint density at radius 1 is 1.30 bits per heavy atom. The summed E-state index contributed by atoms with van der Waals surface area (Å²) >= 11 is 0. The number of carboxylic acid groups (broad SMARTS) is 1. The number of rotatable bonds is 2. The van der Waals surface area contributed by atoms with E-state index in [1.54, 1.807) is 0 Å². The Morgan fingerprint density at radius 2 is 1.95 bits per heavy atom. The van der Waals surface area contributed by atoms with Gasteiger partial charge in [-0.3, -0.25) is 19.7 Å². The highest BCUT2D eigenvalue weighted by molar-refractivity contribution is 6.02. The summed E-state index contributed by atoms with van der Waals surface area (Å²) in [6.45, 7) is 0.258. The van der Waals surface area contributed by atoms with Crippen molar-refractivity contribution in [2.24, 2.45) is 0 Å². The van der Waals surface area contributed by atoms with Gasteiger partial charge in [0.15, 0.2) is 0 Å². The van der Waals surface area contributed by atoms with Crippen molar-refractivity contribution in [1.82, 2.24) is 15.1 Å². The first-order chi connectivity index (χ1) is 9.47. The average Bonchev–Trinajstić information content (AvgIpc) is 2.36. The van der Waals surface area contributed by atoms with Crippen molar-refractivity contribution < 1.29 is 29.0 Å². The van der Waals surface area contributed by atoms with Crippen LogP contribution in [0, 0.1) is 0 Å². The summed E-state index contributed by atoms with van der Waals surface area (Å²) in [5, 5.41) is 10.9. The summed E-state index contributed by atoms with van der Waals surface area (Å²) in [4.78, 5) is 48.1. The number of urea groups is 1. The molecule has 0 spiro atoms. The van der Waals surface area contributed by atoms with E-state index in [1.807, 2.05) is 0 Å². The van der Waals surface area contributed by atoms with E-state index >= 15 is 0 Å². The van der Waals surface area contributed by atoms with Crippen LogP contribution in [0.5, 0.6) is 0 Å². The molecule has 20 heavy (non-hydrogen) atoms. The molecular formula is C11H15N3O6. The van der Waals surface area contributed by atoms with E-state index in [9.17, 15) is 19.2 Å². The third kappa shape index (κ3) is 3.23. The zero-order chi connectivity index (χ0) is 14.7. The van der Waals surface area contributed by atoms with Crippen LogP contribution in [-0.2, 0) is 19.1 Å². The maximum Gasteiger partial charge on any atom is 0.321 e. The molecule has 0 radical (unpaired) electrons. The second-order valence-corrected chi connectivity index (χ2v) is 4.63. The molecule has 0 saturated carbocycles. The van der Waals surface area contributed by atoms with Crippen LogP contribution < -0.4 is 5.32 Å². The first kappa shape index (κ1) is 14.3. The number of nitrogens with zero attached hydrogens (tertiary/aromatic N) is 2. The Labute approximate surface area is 114 Å². The highest BCUT2D eigenvalue weighted by Gasteiger charge is 2.35. The monoisotopic (exact) mass is 285 g/mol. The Kier molecular flexibility index (Phi) is 4.18. The maximum atomic E-state index is 12.3. The lowest BCUT2D eigenvalue weighted by Crippen LogP contribution is -2.60. The topological polar surface area (TPSA) is 116 Å². The number of hydrogen-bond acceptors (Lipinski definition) is 5. The molecule has 2 aliphatic rings. The fraction of sp³-hybridized carbons (Fsp3) is 0.636. The minimum atomic E-state index is -1.04. The third-order valence-corrected chi connectivity index (χ3v) is 3.10. The van der Waals surface area contributed by atoms with Gasteiger partial charge in [-0.1, -0.05) is 0 Å². The van der Waals surface area contributed by atoms with Crippen molar-refractivity contribution in [2.45, 2.75) is 12.5 Å². The van der Waals surface area contributed by atoms with Gasteiger partial charge in [-0.25, -0.2) is 4.79 Å². The van der Waals surface area contributed by atoms with Crippen LogP contribution in [0.15, 0.2) is 0 Å². The van der Waals surface area contributed by atoms with Gasteiger partial charge in [-0.05, 0) is 0 Å². The molecule has 2 heterocycles. The zero-order valence-corrected chi connectivity index (χ0v) is 10.7. The van der Waals surface area contributed by atoms with Crippen LogP contribution >= 0.6 is 0 Å². The SMILES string of the molecule is O=C(O)CC1COCCN1C(=O)N1CC(=O)NC(=O)C1. The number of ether oxygens (including phenoxy) is 1. The first-order valence-electron chi connectivity index (χ1n) is 6.15. The van der Waals surface area contributed by atoms with Gasteiger partial charge in [0.05, 0.1) is 25.7 Å². The van der Waals surface area contributed by atoms with Crippen molar-refractivity contribution in [3.63, 3.8) is 0 Å². The fourth-order valence-electron chi connectivity index (χ4n) is 2.23. The van der Waals surface area contributed by atoms with Crippen molar-refractivity contribution in [3.05, 3.63) is 0 Å². The average molecular weight is 285 g/mol. The Hall–Kier alpha value is -2.16. The number of piperazine rings is 1. The molecule has 1 unspecified atom stereocenters. The number of carbonyl (C=O) groups excluding carboxylic acids is 3. The van der Waals surface area contributed by atoms with Gasteiger partial charge in [0.2, 0.25) is 11.8 Å². The lowest BCUT2D eigenvalue weighted by atomic mass is 10.1. The molecule has 4 amide bonds. The number of aliphatic carboxylic acids is 1. The number of nitrogens with one attached hydrogen (secondary N) is 1. The summed E-state index contributed by atoms with van der Waals surface area (Å²) in [6, 6.07) is -1.10. The highest BCUT2D eigenvalue weighted by Crippen LogP contribution is 2.14. The van der Waals surface area contributed by atoms with E-state index in [0.717, 1.165) is 4.90 Å². The van der Waals surface area contributed by atoms with Gasteiger partial charge in [0, 0.05) is 6.54 Å². The third-order valence-electron chi connectivity index (χ3n) is 3.10. The number of hydrogen-bond donors (Lipinski definition) is 2. The summed E-state index contributed by atoms with van der Waals surface area (Å²) in [5.41, 5.74) is 0. The molecule has 0 aromatic heterocycles. The van der Waals surface area contributed by atoms with Crippen molar-refractivity contribution in [3.8, 4) is 0 Å². The molecule has 2 saturated heterocycles. The molecule has 0 aliphatic carbocycles. The minimum absolute atomic E-state index is 0.131. The van der Waals surface area contributed by atoms with E-state index < -0.39 is 29.9 Å². The number of morpholine rings is 1. The van der Waals surface area contributed by atoms with Gasteiger partial charge in [0.1, 0.15) is 13.1 Å². The molecular weight excluding hydrogens is 270 g/mol. The van der Waals surface area contributed by atoms with Gasteiger partial charge in [-0.15, -0.1) is 0 Å². The lowest BCUT2D eigenvalue weighted by Gasteiger charge is -2.38. The fourth-order valence-corrected chi connectivity index (χ4v) is 2.23. The number of imide groups is 1. The highest BCUT2D eigenvalue weighted by atomic mass is 16.5. The first-order valence-corrected chi connectivity index (χ1v) is 6.15. The molecule has 9 heteroatoms. The molecule has 0 bridgehead atoms. The number of carboxylic acids is 1. The molecule has 0 aromatic rings. The Morgan fingerprint density at radius 3 is 2.55 bits per heavy atom. The van der Waals surface area contributed by atoms with Crippen LogP contribution in [-0.4, -0.2) is 77.6 Å². The van der Waals surface area contributed by atoms with Crippen LogP contribution in [0.3, 0.4) is 0 Å². The van der Waals surface area contributed by atoms with E-state index in [2.05, 4.69) is 5.32 Å². The van der Waals surface area contributed by atoms with Crippen LogP contribution in [0.25, 0.3) is 0 Å². The molecule has 110 valence electrons. The summed E-state index contributed by atoms with van der Waals surface area (Å²) in [6.07, 6.45) is -0.236. The predicted molar refractivity (Wildman–Crippen MR) is 63.7 cm³/mol. The van der Waals surface area contributed by atoms with Crippen molar-refractivity contribution >= 4 is 23.8 Å². The molecule has 2 aliphatic heterocycles. The summed E-state index contributed by atoms with van der Waals surface area (Å²) < 4.78 is 5.17. The maximum absolute atomic E-state index is 12.3. The Bertz CT molecular complexity index is 435. The van der Waals surface area contributed by atoms with E-state index in [-0.39, 0.29) is 32.7 Å². The lowest BCUT2D eigenvalue weighted by molar-refractivity contribution is -0.140. The largest absolute Gasteiger partial charge is 0.481 e. The number of carbonyl (C=O) groups is 4. The molecule has 2 rings (SSSR count). The number of amides is 4. The van der Waals surface area contributed by atoms with E-state index in [0.29, 0.717) is 6.61 Å². The molecule has 1 atom stereocenters. The molecule has 9 nitrogen and oxygen atoms in total. The standard InChI is InChI=1S/C11H15N3O6/c15-8-4-13(5-9(16)12-8)11(19)14-1-2-20-6-7(14)3-10(17)18/h7H,1-6H2,(H,17,18)(H,12,15,16). The second-order valence-electron chi connectivity index (χ2n) is 4.63. The smallest absolute Gasteiger partial charge is 0.321 e. The van der Waals surface area contributed by atoms with Gasteiger partial charge in [0.25, 0.3) is 0 Å². The van der Waals surface area contributed by atoms with Crippen LogP contribution in [0.2, 0.25) is 0 Å². The van der Waals surface area contributed by atoms with Crippen molar-refractivity contribution in [2.75, 3.05) is 32.8 Å². The van der Waals surface area contributed by atoms with E-state index in [1.165, 1.54) is 4.90 Å². The predicted octanol–water partition coefficient (Wildman–Crippen LogP) is -1.76. The van der Waals surface area contributed by atoms with Crippen LogP contribution in [0.1, 0.15) is 6.42 Å². The molecule has 2 fully saturated rings. The van der Waals surface area contributed by atoms with Gasteiger partial charge in [-0.2, -0.15) is 0 Å². The zero-order valence-electron chi connectivity index (χ0n) is 10.7. The van der Waals surface area contributed by atoms with E-state index in [4.69, 9.17) is 9.84 Å². The van der Waals surface area contributed by atoms with Gasteiger partial charge >= 0.3 is 12.0 Å².